The molecule has 0 N–H and O–H groups in total. The Hall–Kier alpha value is -2.89. The summed E-state index contributed by atoms with van der Waals surface area (Å²) in [5, 5.41) is 6.81. The molecule has 0 saturated carbocycles. The molecule has 0 fully saturated rings. The maximum Gasteiger partial charge on any atom is 0.120 e. The third-order valence-electron chi connectivity index (χ3n) is 6.40. The zero-order valence-corrected chi connectivity index (χ0v) is 30.8. The summed E-state index contributed by atoms with van der Waals surface area (Å²) in [5.41, 5.74) is 5.75. The Morgan fingerprint density at radius 2 is 0.578 bits per heavy atom. The van der Waals surface area contributed by atoms with Gasteiger partial charge in [-0.25, -0.2) is 0 Å². The predicted molar refractivity (Wildman–Crippen MR) is 194 cm³/mol. The maximum atomic E-state index is 13.8. The van der Waals surface area contributed by atoms with Crippen molar-refractivity contribution in [3.05, 3.63) is 187 Å². The van der Waals surface area contributed by atoms with E-state index in [-0.39, 0.29) is 0 Å². The number of halogens is 3. The molecule has 3 nitrogen and oxygen atoms in total. The first-order valence-electron chi connectivity index (χ1n) is 13.6. The first kappa shape index (κ1) is 36.6. The van der Waals surface area contributed by atoms with E-state index in [9.17, 15) is 4.57 Å². The molecule has 0 heterocycles. The number of benzene rings is 6. The van der Waals surface area contributed by atoms with Gasteiger partial charge in [-0.3, -0.25) is 0 Å². The van der Waals surface area contributed by atoms with Crippen LogP contribution in [0.15, 0.2) is 182 Å². The van der Waals surface area contributed by atoms with Gasteiger partial charge in [0.15, 0.2) is 7.14 Å². The van der Waals surface area contributed by atoms with Gasteiger partial charge in [-0.2, -0.15) is 0 Å². The molecule has 6 aromatic rings. The Morgan fingerprint density at radius 3 is 0.778 bits per heavy atom. The van der Waals surface area contributed by atoms with Crippen LogP contribution in [0.5, 0.6) is 0 Å². The molecule has 229 valence electrons. The molecule has 0 aliphatic rings. The largest absolute Gasteiger partial charge is 0.120 e. The van der Waals surface area contributed by atoms with Crippen molar-refractivity contribution in [2.24, 2.45) is 0 Å². The van der Waals surface area contributed by atoms with Crippen molar-refractivity contribution in [2.75, 3.05) is 0 Å². The second-order valence-electron chi connectivity index (χ2n) is 9.12. The quantitative estimate of drug-likeness (QED) is 0.158. The third-order valence-corrected chi connectivity index (χ3v) is 11.9. The van der Waals surface area contributed by atoms with Crippen molar-refractivity contribution >= 4 is 75.5 Å². The average molecular weight is 863 g/mol. The Bertz CT molecular complexity index is 1490. The summed E-state index contributed by atoms with van der Waals surface area (Å²) in [5.74, 6) is 0. The van der Waals surface area contributed by atoms with Crippen LogP contribution in [0.2, 0.25) is 0 Å². The Balaban J connectivity index is 0.000000210. The smallest absolute Gasteiger partial charge is 0.120 e. The van der Waals surface area contributed by atoms with Crippen LogP contribution in [-0.2, 0) is 18.3 Å². The van der Waals surface area contributed by atoms with Crippen molar-refractivity contribution in [2.45, 2.75) is 0 Å². The molecule has 6 aromatic carbocycles. The first-order valence-corrected chi connectivity index (χ1v) is 26.7. The molecule has 0 bridgehead atoms. The number of hydrogen-bond acceptors (Lipinski definition) is 2. The molecule has 45 heavy (non-hydrogen) atoms. The first-order chi connectivity index (χ1) is 22.0. The van der Waals surface area contributed by atoms with Crippen LogP contribution < -0.4 is 37.4 Å². The summed E-state index contributed by atoms with van der Waals surface area (Å²) in [6, 6.07) is 61.5. The van der Waals surface area contributed by atoms with E-state index < -0.39 is 28.8 Å². The Morgan fingerprint density at radius 1 is 0.400 bits per heavy atom. The van der Waals surface area contributed by atoms with Crippen LogP contribution in [0.25, 0.3) is 0 Å². The third kappa shape index (κ3) is 11.1. The molecule has 9 heteroatoms. The van der Waals surface area contributed by atoms with Gasteiger partial charge >= 0.3 is 42.3 Å². The second kappa shape index (κ2) is 20.3. The van der Waals surface area contributed by atoms with Crippen molar-refractivity contribution in [3.63, 3.8) is 0 Å². The SMILES string of the molecule is O=P(c1ccccc1)(c1ccccc1)c1ccccc1.[Cl][Re]([Cl])[Cl].[N]=O.c1ccc(P(c2ccccc2)c2ccccc2)cc1. The summed E-state index contributed by atoms with van der Waals surface area (Å²) in [6.45, 7) is 0. The van der Waals surface area contributed by atoms with Gasteiger partial charge in [0.2, 0.25) is 0 Å². The van der Waals surface area contributed by atoms with Crippen LogP contribution in [0.1, 0.15) is 0 Å². The molecule has 0 atom stereocenters. The zero-order chi connectivity index (χ0) is 32.3. The summed E-state index contributed by atoms with van der Waals surface area (Å²) in [6.07, 6.45) is 0. The van der Waals surface area contributed by atoms with Crippen LogP contribution in [-0.4, -0.2) is 0 Å². The molecule has 0 saturated heterocycles. The van der Waals surface area contributed by atoms with E-state index in [4.69, 9.17) is 39.1 Å². The molecule has 0 unspecified atom stereocenters. The van der Waals surface area contributed by atoms with Crippen LogP contribution in [0, 0.1) is 4.91 Å². The zero-order valence-electron chi connectivity index (χ0n) is 24.0. The van der Waals surface area contributed by atoms with Gasteiger partial charge in [0, 0.05) is 15.9 Å². The van der Waals surface area contributed by atoms with E-state index >= 15 is 0 Å². The normalized spacial score (nSPS) is 10.5. The van der Waals surface area contributed by atoms with Gasteiger partial charge in [0.1, 0.15) is 5.59 Å². The fourth-order valence-electron chi connectivity index (χ4n) is 4.54. The van der Waals surface area contributed by atoms with E-state index in [1.165, 1.54) is 15.9 Å². The maximum absolute atomic E-state index is 13.8. The van der Waals surface area contributed by atoms with E-state index in [1.807, 2.05) is 91.0 Å². The van der Waals surface area contributed by atoms with Gasteiger partial charge in [0.05, 0.1) is 0 Å². The van der Waals surface area contributed by atoms with E-state index in [0.717, 1.165) is 15.9 Å². The molecule has 0 aliphatic carbocycles. The van der Waals surface area contributed by atoms with Crippen molar-refractivity contribution in [1.29, 1.82) is 0 Å². The molecule has 0 aliphatic heterocycles. The standard InChI is InChI=1S/C18H15OP.C18H15P.3ClH.NO.Re/c19-20(16-10-4-1-5-11-16,17-12-6-2-7-13-17)18-14-8-3-9-15-18;1-4-10-16(11-5-1)19(17-12-6-2-7-13-17)18-14-8-3-9-15-18;;;;1-2;/h1-15H;1-15H;3*1H;;/q;;;;;;+3/p-3. The van der Waals surface area contributed by atoms with E-state index in [1.54, 1.807) is 0 Å². The molecule has 0 amide bonds. The fraction of sp³-hybridized carbons (Fsp3) is 0. The number of hydrogen-bond donors (Lipinski definition) is 0. The monoisotopic (exact) mass is 862 g/mol. The van der Waals surface area contributed by atoms with Crippen LogP contribution >= 0.6 is 43.7 Å². The van der Waals surface area contributed by atoms with Gasteiger partial charge in [0.25, 0.3) is 0 Å². The van der Waals surface area contributed by atoms with Gasteiger partial charge in [-0.1, -0.05) is 182 Å². The molecular formula is C36H30Cl3NO2P2Re. The average Bonchev–Trinajstić information content (AvgIpc) is 3.11. The van der Waals surface area contributed by atoms with Crippen LogP contribution in [0.4, 0.5) is 0 Å². The van der Waals surface area contributed by atoms with Crippen LogP contribution in [0.3, 0.4) is 0 Å². The number of nitroso groups, excluding NO2 is 1. The predicted octanol–water partition coefficient (Wildman–Crippen LogP) is 8.39. The minimum absolute atomic E-state index is 0.446. The van der Waals surface area contributed by atoms with E-state index in [0.29, 0.717) is 0 Å². The molecule has 1 radical (unpaired) electrons. The number of nitrogens with zero attached hydrogens (tertiary/aromatic N) is 1. The van der Waals surface area contributed by atoms with Crippen molar-refractivity contribution in [3.8, 4) is 0 Å². The minimum Gasteiger partial charge on any atom is -0.120 e. The molecule has 0 aromatic heterocycles. The Kier molecular flexibility index (Phi) is 16.5. The molecule has 0 spiro atoms. The summed E-state index contributed by atoms with van der Waals surface area (Å²) in [7, 11) is 11.7. The summed E-state index contributed by atoms with van der Waals surface area (Å²) in [4.78, 5) is 7.25. The summed E-state index contributed by atoms with van der Waals surface area (Å²) >= 11 is -2.05. The second-order valence-corrected chi connectivity index (χ2v) is 25.9. The fourth-order valence-corrected chi connectivity index (χ4v) is 9.52. The number of rotatable bonds is 6. The Labute approximate surface area is 284 Å². The molecule has 6 rings (SSSR count). The van der Waals surface area contributed by atoms with Gasteiger partial charge in [-0.05, 0) is 23.8 Å². The summed E-state index contributed by atoms with van der Waals surface area (Å²) < 4.78 is 13.8. The van der Waals surface area contributed by atoms with Gasteiger partial charge < -0.3 is 4.57 Å². The van der Waals surface area contributed by atoms with Crippen molar-refractivity contribution in [1.82, 2.24) is 5.59 Å². The van der Waals surface area contributed by atoms with E-state index in [2.05, 4.69) is 91.0 Å². The van der Waals surface area contributed by atoms with Gasteiger partial charge in [-0.15, -0.1) is 4.91 Å². The topological polar surface area (TPSA) is 56.4 Å². The molecular weight excluding hydrogens is 833 g/mol. The van der Waals surface area contributed by atoms with Crippen molar-refractivity contribution < 1.29 is 18.3 Å². The minimum atomic E-state index is -2.78.